The molecule has 0 radical (unpaired) electrons. The van der Waals surface area contributed by atoms with Crippen LogP contribution in [0.3, 0.4) is 0 Å². The van der Waals surface area contributed by atoms with Gasteiger partial charge in [0, 0.05) is 24.3 Å². The van der Waals surface area contributed by atoms with E-state index in [0.29, 0.717) is 12.2 Å². The molecule has 0 atom stereocenters. The summed E-state index contributed by atoms with van der Waals surface area (Å²) in [4.78, 5) is 5.54. The SMILES string of the molecule is CS(=O)(=O)c1ccc(-n2cc(C(F)(F)F)nc2N2C=Cc3ccccc3C2)cc1. The van der Waals surface area contributed by atoms with E-state index in [1.165, 1.54) is 28.8 Å². The van der Waals surface area contributed by atoms with Gasteiger partial charge < -0.3 is 4.90 Å². The number of halogens is 3. The normalized spacial score (nSPS) is 14.1. The Hall–Kier alpha value is -3.07. The molecule has 0 bridgehead atoms. The van der Waals surface area contributed by atoms with Gasteiger partial charge in [-0.3, -0.25) is 4.57 Å². The van der Waals surface area contributed by atoms with Crippen molar-refractivity contribution in [1.82, 2.24) is 9.55 Å². The van der Waals surface area contributed by atoms with Crippen LogP contribution in [0, 0.1) is 0 Å². The van der Waals surface area contributed by atoms with Crippen LogP contribution < -0.4 is 4.90 Å². The molecule has 0 N–H and O–H groups in total. The van der Waals surface area contributed by atoms with Gasteiger partial charge in [0.2, 0.25) is 5.95 Å². The topological polar surface area (TPSA) is 55.2 Å². The van der Waals surface area contributed by atoms with Crippen LogP contribution in [0.1, 0.15) is 16.8 Å². The fourth-order valence-electron chi connectivity index (χ4n) is 3.14. The fourth-order valence-corrected chi connectivity index (χ4v) is 3.77. The van der Waals surface area contributed by atoms with E-state index in [0.717, 1.165) is 23.6 Å². The zero-order valence-corrected chi connectivity index (χ0v) is 16.1. The maximum Gasteiger partial charge on any atom is 0.434 e. The van der Waals surface area contributed by atoms with Crippen molar-refractivity contribution in [3.8, 4) is 5.69 Å². The number of rotatable bonds is 3. The van der Waals surface area contributed by atoms with Crippen LogP contribution in [0.4, 0.5) is 19.1 Å². The van der Waals surface area contributed by atoms with Crippen molar-refractivity contribution in [2.24, 2.45) is 0 Å². The Balaban J connectivity index is 1.79. The van der Waals surface area contributed by atoms with E-state index in [1.54, 1.807) is 11.1 Å². The molecular formula is C20H16F3N3O2S. The van der Waals surface area contributed by atoms with Crippen LogP contribution in [-0.2, 0) is 22.6 Å². The van der Waals surface area contributed by atoms with E-state index in [4.69, 9.17) is 0 Å². The summed E-state index contributed by atoms with van der Waals surface area (Å²) in [6.45, 7) is 0.363. The van der Waals surface area contributed by atoms with Gasteiger partial charge in [-0.25, -0.2) is 13.4 Å². The zero-order chi connectivity index (χ0) is 20.8. The molecule has 5 nitrogen and oxygen atoms in total. The quantitative estimate of drug-likeness (QED) is 0.636. The van der Waals surface area contributed by atoms with Crippen LogP contribution in [0.15, 0.2) is 65.8 Å². The van der Waals surface area contributed by atoms with Crippen LogP contribution >= 0.6 is 0 Å². The number of nitrogens with zero attached hydrogens (tertiary/aromatic N) is 3. The van der Waals surface area contributed by atoms with Crippen LogP contribution in [0.25, 0.3) is 11.8 Å². The number of sulfone groups is 1. The van der Waals surface area contributed by atoms with Crippen molar-refractivity contribution in [3.63, 3.8) is 0 Å². The highest BCUT2D eigenvalue weighted by Crippen LogP contribution is 2.34. The first-order valence-electron chi connectivity index (χ1n) is 8.63. The Morgan fingerprint density at radius 1 is 1.03 bits per heavy atom. The molecule has 1 aliphatic rings. The molecule has 0 saturated carbocycles. The summed E-state index contributed by atoms with van der Waals surface area (Å²) in [6, 6.07) is 13.3. The Bertz CT molecular complexity index is 1200. The van der Waals surface area contributed by atoms with Crippen molar-refractivity contribution in [2.75, 3.05) is 11.2 Å². The zero-order valence-electron chi connectivity index (χ0n) is 15.3. The number of aromatic nitrogens is 2. The number of fused-ring (bicyclic) bond motifs is 1. The molecule has 0 spiro atoms. The van der Waals surface area contributed by atoms with Gasteiger partial charge in [0.05, 0.1) is 11.4 Å². The van der Waals surface area contributed by atoms with Gasteiger partial charge >= 0.3 is 6.18 Å². The highest BCUT2D eigenvalue weighted by molar-refractivity contribution is 7.90. The lowest BCUT2D eigenvalue weighted by Gasteiger charge is -2.25. The summed E-state index contributed by atoms with van der Waals surface area (Å²) in [7, 11) is -3.41. The van der Waals surface area contributed by atoms with E-state index >= 15 is 0 Å². The van der Waals surface area contributed by atoms with E-state index in [9.17, 15) is 21.6 Å². The van der Waals surface area contributed by atoms with E-state index in [-0.39, 0.29) is 10.8 Å². The molecule has 3 aromatic rings. The van der Waals surface area contributed by atoms with Crippen LogP contribution in [-0.4, -0.2) is 24.2 Å². The van der Waals surface area contributed by atoms with Crippen molar-refractivity contribution in [3.05, 3.63) is 77.7 Å². The molecule has 4 rings (SSSR count). The highest BCUT2D eigenvalue weighted by atomic mass is 32.2. The molecule has 150 valence electrons. The van der Waals surface area contributed by atoms with Gasteiger partial charge in [-0.05, 0) is 41.5 Å². The highest BCUT2D eigenvalue weighted by Gasteiger charge is 2.36. The van der Waals surface area contributed by atoms with Crippen molar-refractivity contribution < 1.29 is 21.6 Å². The Kier molecular flexibility index (Phi) is 4.49. The molecule has 1 aromatic heterocycles. The van der Waals surface area contributed by atoms with E-state index in [2.05, 4.69) is 4.98 Å². The molecule has 9 heteroatoms. The number of hydrogen-bond acceptors (Lipinski definition) is 4. The molecule has 2 aromatic carbocycles. The van der Waals surface area contributed by atoms with Crippen molar-refractivity contribution in [2.45, 2.75) is 17.6 Å². The summed E-state index contributed by atoms with van der Waals surface area (Å²) < 4.78 is 64.6. The maximum absolute atomic E-state index is 13.3. The molecule has 0 unspecified atom stereocenters. The summed E-state index contributed by atoms with van der Waals surface area (Å²) in [5, 5.41) is 0. The van der Waals surface area contributed by atoms with Gasteiger partial charge in [-0.2, -0.15) is 13.2 Å². The van der Waals surface area contributed by atoms with Crippen LogP contribution in [0.5, 0.6) is 0 Å². The predicted molar refractivity (Wildman–Crippen MR) is 103 cm³/mol. The minimum Gasteiger partial charge on any atom is -0.314 e. The summed E-state index contributed by atoms with van der Waals surface area (Å²) in [5.41, 5.74) is 1.32. The average molecular weight is 419 g/mol. The summed E-state index contributed by atoms with van der Waals surface area (Å²) >= 11 is 0. The molecule has 1 aliphatic heterocycles. The van der Waals surface area contributed by atoms with Gasteiger partial charge in [-0.15, -0.1) is 0 Å². The monoisotopic (exact) mass is 419 g/mol. The van der Waals surface area contributed by atoms with Crippen molar-refractivity contribution >= 4 is 21.9 Å². The molecule has 0 fully saturated rings. The standard InChI is InChI=1S/C20H16F3N3O2S/c1-29(27,28)17-8-6-16(7-9-17)26-13-18(20(21,22)23)24-19(26)25-11-10-14-4-2-3-5-15(14)12-25/h2-11,13H,12H2,1H3. The average Bonchev–Trinajstić information content (AvgIpc) is 3.13. The Morgan fingerprint density at radius 3 is 2.38 bits per heavy atom. The smallest absolute Gasteiger partial charge is 0.314 e. The van der Waals surface area contributed by atoms with Gasteiger partial charge in [-0.1, -0.05) is 24.3 Å². The number of alkyl halides is 3. The largest absolute Gasteiger partial charge is 0.434 e. The predicted octanol–water partition coefficient (Wildman–Crippen LogP) is 4.29. The first kappa shape index (κ1) is 19.3. The molecule has 0 saturated heterocycles. The third kappa shape index (κ3) is 3.77. The van der Waals surface area contributed by atoms with Crippen molar-refractivity contribution in [1.29, 1.82) is 0 Å². The number of hydrogen-bond donors (Lipinski definition) is 0. The Morgan fingerprint density at radius 2 is 1.72 bits per heavy atom. The molecular weight excluding hydrogens is 403 g/mol. The lowest BCUT2D eigenvalue weighted by molar-refractivity contribution is -0.140. The molecule has 0 amide bonds. The minimum atomic E-state index is -4.61. The fraction of sp³-hybridized carbons (Fsp3) is 0.150. The Labute approximate surface area is 165 Å². The number of anilines is 1. The number of benzene rings is 2. The van der Waals surface area contributed by atoms with E-state index < -0.39 is 21.7 Å². The second kappa shape index (κ2) is 6.77. The lowest BCUT2D eigenvalue weighted by Crippen LogP contribution is -2.22. The third-order valence-corrected chi connectivity index (χ3v) is 5.74. The van der Waals surface area contributed by atoms with Crippen LogP contribution in [0.2, 0.25) is 0 Å². The first-order chi connectivity index (χ1) is 13.6. The second-order valence-corrected chi connectivity index (χ2v) is 8.72. The third-order valence-electron chi connectivity index (χ3n) is 4.61. The van der Waals surface area contributed by atoms with Gasteiger partial charge in [0.25, 0.3) is 0 Å². The summed E-state index contributed by atoms with van der Waals surface area (Å²) in [5.74, 6) is 0.0928. The first-order valence-corrected chi connectivity index (χ1v) is 10.5. The van der Waals surface area contributed by atoms with E-state index in [1.807, 2.05) is 30.3 Å². The lowest BCUT2D eigenvalue weighted by atomic mass is 10.0. The van der Waals surface area contributed by atoms with Gasteiger partial charge in [0.15, 0.2) is 15.5 Å². The molecule has 0 aliphatic carbocycles. The number of imidazole rings is 1. The minimum absolute atomic E-state index is 0.0887. The van der Waals surface area contributed by atoms with Gasteiger partial charge in [0.1, 0.15) is 0 Å². The second-order valence-electron chi connectivity index (χ2n) is 6.70. The molecule has 2 heterocycles. The molecule has 29 heavy (non-hydrogen) atoms. The maximum atomic E-state index is 13.3. The summed E-state index contributed by atoms with van der Waals surface area (Å²) in [6.07, 6.45) is 0.885.